The van der Waals surface area contributed by atoms with E-state index in [4.69, 9.17) is 19.2 Å². The van der Waals surface area contributed by atoms with Gasteiger partial charge >= 0.3 is 0 Å². The van der Waals surface area contributed by atoms with E-state index in [1.54, 1.807) is 0 Å². The molecule has 24 heavy (non-hydrogen) atoms. The second-order valence-corrected chi connectivity index (χ2v) is 5.84. The monoisotopic (exact) mass is 338 g/mol. The molecule has 0 atom stereocenters. The van der Waals surface area contributed by atoms with E-state index in [2.05, 4.69) is 19.1 Å². The van der Waals surface area contributed by atoms with Crippen LogP contribution in [0.5, 0.6) is 5.75 Å². The van der Waals surface area contributed by atoms with E-state index in [-0.39, 0.29) is 0 Å². The molecule has 0 unspecified atom stereocenters. The van der Waals surface area contributed by atoms with Crippen molar-refractivity contribution in [1.82, 2.24) is 0 Å². The Morgan fingerprint density at radius 2 is 1.46 bits per heavy atom. The smallest absolute Gasteiger partial charge is 0.168 e. The van der Waals surface area contributed by atoms with E-state index >= 15 is 0 Å². The summed E-state index contributed by atoms with van der Waals surface area (Å²) in [5, 5.41) is 0. The molecule has 0 N–H and O–H groups in total. The maximum atomic E-state index is 5.45. The lowest BCUT2D eigenvalue weighted by molar-refractivity contribution is -0.216. The van der Waals surface area contributed by atoms with E-state index in [0.29, 0.717) is 26.4 Å². The van der Waals surface area contributed by atoms with Gasteiger partial charge in [-0.25, -0.2) is 0 Å². The Labute approximate surface area is 147 Å². The first-order valence-electron chi connectivity index (χ1n) is 9.41. The van der Waals surface area contributed by atoms with Crippen molar-refractivity contribution in [3.63, 3.8) is 0 Å². The van der Waals surface area contributed by atoms with Gasteiger partial charge in [0.15, 0.2) is 5.75 Å². The number of para-hydroxylation sites is 1. The molecule has 0 aliphatic carbocycles. The number of aryl methyl sites for hydroxylation is 1. The van der Waals surface area contributed by atoms with Crippen molar-refractivity contribution in [2.24, 2.45) is 0 Å². The molecule has 0 saturated carbocycles. The molecule has 0 bridgehead atoms. The Morgan fingerprint density at radius 1 is 0.750 bits per heavy atom. The predicted molar refractivity (Wildman–Crippen MR) is 97.4 cm³/mol. The van der Waals surface area contributed by atoms with Crippen LogP contribution < -0.4 is 4.89 Å². The van der Waals surface area contributed by atoms with Crippen LogP contribution in [0, 0.1) is 0 Å². The molecular formula is C20H34O4. The standard InChI is InChI=1S/C20H34O4/c1-3-5-6-7-8-9-12-19-13-10-11-14-20(19)24-23-18-17-22-16-15-21-4-2/h10-11,13-14H,3-9,12,15-18H2,1-2H3. The molecule has 0 aliphatic heterocycles. The molecule has 0 fully saturated rings. The molecule has 0 heterocycles. The first kappa shape index (κ1) is 20.9. The zero-order valence-corrected chi connectivity index (χ0v) is 15.4. The zero-order chi connectivity index (χ0) is 17.3. The van der Waals surface area contributed by atoms with Crippen molar-refractivity contribution in [3.05, 3.63) is 29.8 Å². The number of hydrogen-bond donors (Lipinski definition) is 0. The maximum Gasteiger partial charge on any atom is 0.168 e. The fraction of sp³-hybridized carbons (Fsp3) is 0.700. The highest BCUT2D eigenvalue weighted by atomic mass is 17.2. The lowest BCUT2D eigenvalue weighted by atomic mass is 10.0. The molecule has 0 amide bonds. The van der Waals surface area contributed by atoms with Gasteiger partial charge in [0, 0.05) is 6.61 Å². The van der Waals surface area contributed by atoms with Crippen molar-refractivity contribution in [2.75, 3.05) is 33.0 Å². The van der Waals surface area contributed by atoms with Crippen LogP contribution >= 0.6 is 0 Å². The SMILES string of the molecule is CCCCCCCCc1ccccc1OOCCOCCOCC. The van der Waals surface area contributed by atoms with Gasteiger partial charge in [-0.3, -0.25) is 0 Å². The first-order valence-corrected chi connectivity index (χ1v) is 9.41. The summed E-state index contributed by atoms with van der Waals surface area (Å²) in [5.74, 6) is 0.820. The molecule has 4 heteroatoms. The molecule has 0 saturated heterocycles. The minimum absolute atomic E-state index is 0.414. The molecule has 0 radical (unpaired) electrons. The normalized spacial score (nSPS) is 10.9. The van der Waals surface area contributed by atoms with Crippen LogP contribution in [0.2, 0.25) is 0 Å². The van der Waals surface area contributed by atoms with Crippen LogP contribution in [0.15, 0.2) is 24.3 Å². The second kappa shape index (κ2) is 15.4. The number of benzene rings is 1. The number of rotatable bonds is 16. The van der Waals surface area contributed by atoms with Crippen molar-refractivity contribution < 1.29 is 19.2 Å². The van der Waals surface area contributed by atoms with Gasteiger partial charge < -0.3 is 14.4 Å². The van der Waals surface area contributed by atoms with Crippen LogP contribution in [-0.2, 0) is 20.8 Å². The minimum atomic E-state index is 0.414. The molecule has 0 aromatic heterocycles. The summed E-state index contributed by atoms with van der Waals surface area (Å²) in [6, 6.07) is 8.10. The van der Waals surface area contributed by atoms with Crippen LogP contribution in [0.4, 0.5) is 0 Å². The van der Waals surface area contributed by atoms with Crippen LogP contribution in [0.1, 0.15) is 57.9 Å². The summed E-state index contributed by atoms with van der Waals surface area (Å²) in [7, 11) is 0. The molecule has 0 spiro atoms. The third-order valence-corrected chi connectivity index (χ3v) is 3.81. The van der Waals surface area contributed by atoms with Gasteiger partial charge in [0.2, 0.25) is 0 Å². The summed E-state index contributed by atoms with van der Waals surface area (Å²) in [6.45, 7) is 7.07. The second-order valence-electron chi connectivity index (χ2n) is 5.84. The van der Waals surface area contributed by atoms with Crippen LogP contribution in [-0.4, -0.2) is 33.0 Å². The topological polar surface area (TPSA) is 36.9 Å². The predicted octanol–water partition coefficient (Wildman–Crippen LogP) is 4.95. The summed E-state index contributed by atoms with van der Waals surface area (Å²) >= 11 is 0. The molecule has 138 valence electrons. The van der Waals surface area contributed by atoms with E-state index in [1.165, 1.54) is 44.1 Å². The van der Waals surface area contributed by atoms with Gasteiger partial charge in [0.05, 0.1) is 19.8 Å². The van der Waals surface area contributed by atoms with Crippen LogP contribution in [0.25, 0.3) is 0 Å². The van der Waals surface area contributed by atoms with Gasteiger partial charge in [0.25, 0.3) is 0 Å². The molecule has 1 aromatic rings. The zero-order valence-electron chi connectivity index (χ0n) is 15.4. The van der Waals surface area contributed by atoms with Gasteiger partial charge in [-0.15, -0.1) is 0 Å². The molecule has 0 aliphatic rings. The Morgan fingerprint density at radius 3 is 2.29 bits per heavy atom. The highest BCUT2D eigenvalue weighted by molar-refractivity contribution is 5.32. The van der Waals surface area contributed by atoms with Crippen molar-refractivity contribution >= 4 is 0 Å². The average Bonchev–Trinajstić information content (AvgIpc) is 2.61. The summed E-state index contributed by atoms with van der Waals surface area (Å²) in [5.41, 5.74) is 1.21. The Bertz CT molecular complexity index is 395. The van der Waals surface area contributed by atoms with Gasteiger partial charge in [-0.05, 0) is 31.4 Å². The Balaban J connectivity index is 2.14. The van der Waals surface area contributed by atoms with Gasteiger partial charge in [-0.1, -0.05) is 57.2 Å². The fourth-order valence-corrected chi connectivity index (χ4v) is 2.45. The Hall–Kier alpha value is -1.10. The van der Waals surface area contributed by atoms with E-state index in [1.807, 2.05) is 19.1 Å². The van der Waals surface area contributed by atoms with E-state index in [9.17, 15) is 0 Å². The molecule has 1 aromatic carbocycles. The van der Waals surface area contributed by atoms with E-state index < -0.39 is 0 Å². The minimum Gasteiger partial charge on any atom is -0.379 e. The third-order valence-electron chi connectivity index (χ3n) is 3.81. The lowest BCUT2D eigenvalue weighted by Crippen LogP contribution is -2.11. The fourth-order valence-electron chi connectivity index (χ4n) is 2.45. The summed E-state index contributed by atoms with van der Waals surface area (Å²) in [4.78, 5) is 10.7. The van der Waals surface area contributed by atoms with Crippen molar-refractivity contribution in [1.29, 1.82) is 0 Å². The average molecular weight is 338 g/mol. The first-order chi connectivity index (χ1) is 11.9. The maximum absolute atomic E-state index is 5.45. The van der Waals surface area contributed by atoms with Crippen molar-refractivity contribution in [3.8, 4) is 5.75 Å². The number of hydrogen-bond acceptors (Lipinski definition) is 4. The number of unbranched alkanes of at least 4 members (excludes halogenated alkanes) is 5. The highest BCUT2D eigenvalue weighted by Crippen LogP contribution is 2.21. The molecular weight excluding hydrogens is 304 g/mol. The summed E-state index contributed by atoms with van der Waals surface area (Å²) in [6.07, 6.45) is 8.83. The summed E-state index contributed by atoms with van der Waals surface area (Å²) < 4.78 is 10.6. The van der Waals surface area contributed by atoms with E-state index in [0.717, 1.165) is 18.8 Å². The quantitative estimate of drug-likeness (QED) is 0.243. The lowest BCUT2D eigenvalue weighted by Gasteiger charge is -2.10. The Kier molecular flexibility index (Phi) is 13.5. The molecule has 4 nitrogen and oxygen atoms in total. The number of ether oxygens (including phenoxy) is 2. The van der Waals surface area contributed by atoms with Crippen LogP contribution in [0.3, 0.4) is 0 Å². The molecule has 1 rings (SSSR count). The van der Waals surface area contributed by atoms with Gasteiger partial charge in [-0.2, -0.15) is 4.89 Å². The third kappa shape index (κ3) is 10.6. The van der Waals surface area contributed by atoms with Gasteiger partial charge in [0.1, 0.15) is 6.61 Å². The highest BCUT2D eigenvalue weighted by Gasteiger charge is 2.04. The van der Waals surface area contributed by atoms with Crippen molar-refractivity contribution in [2.45, 2.75) is 58.8 Å². The largest absolute Gasteiger partial charge is 0.379 e.